The van der Waals surface area contributed by atoms with Gasteiger partial charge in [0.05, 0.1) is 0 Å². The largest absolute Gasteiger partial charge is 0.328 e. The first-order chi connectivity index (χ1) is 15.7. The van der Waals surface area contributed by atoms with Gasteiger partial charge in [-0.05, 0) is 55.9 Å². The summed E-state index contributed by atoms with van der Waals surface area (Å²) in [5.41, 5.74) is 5.75. The highest BCUT2D eigenvalue weighted by atomic mass is 16.9. The summed E-state index contributed by atoms with van der Waals surface area (Å²) in [6, 6.07) is 17.3. The maximum absolute atomic E-state index is 5.71. The zero-order valence-corrected chi connectivity index (χ0v) is 20.8. The Labute approximate surface area is 196 Å². The molecule has 3 rings (SSSR count). The van der Waals surface area contributed by atoms with Crippen molar-refractivity contribution in [2.24, 2.45) is 0 Å². The lowest BCUT2D eigenvalue weighted by Crippen LogP contribution is -2.39. The summed E-state index contributed by atoms with van der Waals surface area (Å²) in [7, 11) is 0. The lowest BCUT2D eigenvalue weighted by molar-refractivity contribution is -0.380. The molecule has 1 aliphatic rings. The molecule has 0 spiro atoms. The monoisotopic (exact) mass is 440 g/mol. The first-order valence-corrected chi connectivity index (χ1v) is 12.8. The normalized spacial score (nSPS) is 12.1. The molecular formula is C29H44O3. The number of hydrogen-bond donors (Lipinski definition) is 0. The van der Waals surface area contributed by atoms with Crippen molar-refractivity contribution in [2.75, 3.05) is 19.8 Å². The van der Waals surface area contributed by atoms with Crippen molar-refractivity contribution in [3.63, 3.8) is 0 Å². The molecular weight excluding hydrogens is 396 g/mol. The van der Waals surface area contributed by atoms with Crippen molar-refractivity contribution in [1.29, 1.82) is 0 Å². The minimum atomic E-state index is -0.804. The molecule has 0 N–H and O–H groups in total. The second kappa shape index (κ2) is 15.2. The molecule has 0 saturated carbocycles. The van der Waals surface area contributed by atoms with Crippen LogP contribution in [0.4, 0.5) is 0 Å². The third-order valence-corrected chi connectivity index (χ3v) is 5.89. The third-order valence-electron chi connectivity index (χ3n) is 5.89. The Morgan fingerprint density at radius 1 is 0.594 bits per heavy atom. The average molecular weight is 441 g/mol. The second-order valence-electron chi connectivity index (χ2n) is 8.34. The van der Waals surface area contributed by atoms with Gasteiger partial charge in [-0.2, -0.15) is 0 Å². The van der Waals surface area contributed by atoms with Gasteiger partial charge in [0.25, 0.3) is 5.97 Å². The van der Waals surface area contributed by atoms with Crippen LogP contribution >= 0.6 is 0 Å². The summed E-state index contributed by atoms with van der Waals surface area (Å²) in [6.45, 7) is 10.1. The van der Waals surface area contributed by atoms with Crippen LogP contribution in [-0.2, 0) is 20.6 Å². The van der Waals surface area contributed by atoms with Gasteiger partial charge in [0.2, 0.25) is 0 Å². The SMILES string of the molecule is CCCCCCCCCC(OCC)(OCC)OCC.c1ccc2c(c1)Cc1ccccc1-2. The summed E-state index contributed by atoms with van der Waals surface area (Å²) < 4.78 is 17.1. The van der Waals surface area contributed by atoms with Crippen molar-refractivity contribution in [3.05, 3.63) is 59.7 Å². The zero-order valence-electron chi connectivity index (χ0n) is 20.8. The van der Waals surface area contributed by atoms with Gasteiger partial charge in [0.15, 0.2) is 0 Å². The number of fused-ring (bicyclic) bond motifs is 3. The van der Waals surface area contributed by atoms with Crippen molar-refractivity contribution in [1.82, 2.24) is 0 Å². The van der Waals surface area contributed by atoms with Gasteiger partial charge < -0.3 is 14.2 Å². The van der Waals surface area contributed by atoms with Crippen LogP contribution in [-0.4, -0.2) is 25.8 Å². The molecule has 3 nitrogen and oxygen atoms in total. The van der Waals surface area contributed by atoms with Crippen LogP contribution in [0.3, 0.4) is 0 Å². The highest BCUT2D eigenvalue weighted by Crippen LogP contribution is 2.35. The second-order valence-corrected chi connectivity index (χ2v) is 8.34. The summed E-state index contributed by atoms with van der Waals surface area (Å²) in [4.78, 5) is 0. The smallest absolute Gasteiger partial charge is 0.282 e. The molecule has 0 radical (unpaired) electrons. The molecule has 0 aliphatic heterocycles. The quantitative estimate of drug-likeness (QED) is 0.187. The highest BCUT2D eigenvalue weighted by Gasteiger charge is 2.31. The fraction of sp³-hybridized carbons (Fsp3) is 0.586. The van der Waals surface area contributed by atoms with Crippen LogP contribution in [0.1, 0.15) is 90.2 Å². The predicted molar refractivity (Wildman–Crippen MR) is 135 cm³/mol. The van der Waals surface area contributed by atoms with Crippen LogP contribution < -0.4 is 0 Å². The maximum Gasteiger partial charge on any atom is 0.282 e. The lowest BCUT2D eigenvalue weighted by atomic mass is 10.1. The van der Waals surface area contributed by atoms with Gasteiger partial charge >= 0.3 is 0 Å². The van der Waals surface area contributed by atoms with E-state index < -0.39 is 5.97 Å². The zero-order chi connectivity index (χ0) is 23.1. The van der Waals surface area contributed by atoms with E-state index in [4.69, 9.17) is 14.2 Å². The van der Waals surface area contributed by atoms with Gasteiger partial charge in [-0.1, -0.05) is 94.0 Å². The van der Waals surface area contributed by atoms with Crippen molar-refractivity contribution in [3.8, 4) is 11.1 Å². The average Bonchev–Trinajstić information content (AvgIpc) is 3.18. The van der Waals surface area contributed by atoms with E-state index in [0.717, 1.165) is 19.3 Å². The van der Waals surface area contributed by atoms with Crippen LogP contribution in [0.25, 0.3) is 11.1 Å². The molecule has 0 aromatic heterocycles. The Hall–Kier alpha value is -1.68. The van der Waals surface area contributed by atoms with Crippen LogP contribution in [0, 0.1) is 0 Å². The molecule has 0 fully saturated rings. The van der Waals surface area contributed by atoms with Gasteiger partial charge in [-0.25, -0.2) is 0 Å². The van der Waals surface area contributed by atoms with Crippen LogP contribution in [0.5, 0.6) is 0 Å². The molecule has 1 aliphatic carbocycles. The molecule has 3 heteroatoms. The number of rotatable bonds is 14. The molecule has 0 saturated heterocycles. The summed E-state index contributed by atoms with van der Waals surface area (Å²) in [6.07, 6.45) is 11.0. The predicted octanol–water partition coefficient (Wildman–Crippen LogP) is 8.15. The molecule has 0 unspecified atom stereocenters. The van der Waals surface area contributed by atoms with E-state index in [1.54, 1.807) is 0 Å². The van der Waals surface area contributed by atoms with E-state index in [2.05, 4.69) is 55.5 Å². The van der Waals surface area contributed by atoms with E-state index in [-0.39, 0.29) is 0 Å². The van der Waals surface area contributed by atoms with Gasteiger partial charge in [0.1, 0.15) is 0 Å². The Kier molecular flexibility index (Phi) is 12.6. The van der Waals surface area contributed by atoms with Gasteiger partial charge in [-0.3, -0.25) is 0 Å². The van der Waals surface area contributed by atoms with Gasteiger partial charge in [0, 0.05) is 26.2 Å². The van der Waals surface area contributed by atoms with Crippen molar-refractivity contribution in [2.45, 2.75) is 91.5 Å². The standard InChI is InChI=1S/C16H34O3.C13H10/c1-5-9-10-11-12-13-14-15-16(17-6-2,18-7-3)19-8-4;1-3-7-12-10(5-1)9-11-6-2-4-8-13(11)12/h5-15H2,1-4H3;1-8H,9H2. The van der Waals surface area contributed by atoms with E-state index in [9.17, 15) is 0 Å². The minimum absolute atomic E-state index is 0.622. The molecule has 32 heavy (non-hydrogen) atoms. The fourth-order valence-corrected chi connectivity index (χ4v) is 4.38. The Balaban J connectivity index is 0.000000239. The number of benzene rings is 2. The van der Waals surface area contributed by atoms with E-state index >= 15 is 0 Å². The van der Waals surface area contributed by atoms with Crippen molar-refractivity contribution < 1.29 is 14.2 Å². The highest BCUT2D eigenvalue weighted by molar-refractivity contribution is 5.76. The number of hydrogen-bond acceptors (Lipinski definition) is 3. The molecule has 2 aromatic rings. The van der Waals surface area contributed by atoms with Gasteiger partial charge in [-0.15, -0.1) is 0 Å². The Morgan fingerprint density at radius 2 is 1.03 bits per heavy atom. The fourth-order valence-electron chi connectivity index (χ4n) is 4.38. The third kappa shape index (κ3) is 8.35. The molecule has 2 aromatic carbocycles. The van der Waals surface area contributed by atoms with Crippen molar-refractivity contribution >= 4 is 0 Å². The Bertz CT molecular complexity index is 695. The first-order valence-electron chi connectivity index (χ1n) is 12.8. The van der Waals surface area contributed by atoms with E-state index in [0.29, 0.717) is 19.8 Å². The number of unbranched alkanes of at least 4 members (excludes halogenated alkanes) is 6. The molecule has 0 amide bonds. The topological polar surface area (TPSA) is 27.7 Å². The van der Waals surface area contributed by atoms with E-state index in [1.807, 2.05) is 20.8 Å². The summed E-state index contributed by atoms with van der Waals surface area (Å²) in [5.74, 6) is -0.804. The van der Waals surface area contributed by atoms with Crippen LogP contribution in [0.15, 0.2) is 48.5 Å². The number of ether oxygens (including phenoxy) is 3. The van der Waals surface area contributed by atoms with Crippen LogP contribution in [0.2, 0.25) is 0 Å². The molecule has 0 heterocycles. The maximum atomic E-state index is 5.71. The lowest BCUT2D eigenvalue weighted by Gasteiger charge is -2.32. The molecule has 178 valence electrons. The Morgan fingerprint density at radius 3 is 1.50 bits per heavy atom. The summed E-state index contributed by atoms with van der Waals surface area (Å²) >= 11 is 0. The first kappa shape index (κ1) is 26.6. The molecule has 0 atom stereocenters. The minimum Gasteiger partial charge on any atom is -0.328 e. The summed E-state index contributed by atoms with van der Waals surface area (Å²) in [5, 5.41) is 0. The van der Waals surface area contributed by atoms with E-state index in [1.165, 1.54) is 60.8 Å². The molecule has 0 bridgehead atoms.